The number of rotatable bonds is 4. The van der Waals surface area contributed by atoms with Crippen molar-refractivity contribution in [1.82, 2.24) is 5.32 Å². The Bertz CT molecular complexity index is 747. The molecule has 2 aromatic rings. The lowest BCUT2D eigenvalue weighted by atomic mass is 10.1. The maximum Gasteiger partial charge on any atom is 0.292 e. The van der Waals surface area contributed by atoms with Crippen LogP contribution in [0.4, 0.5) is 11.4 Å². The third-order valence-electron chi connectivity index (χ3n) is 3.06. The van der Waals surface area contributed by atoms with Crippen molar-refractivity contribution in [2.45, 2.75) is 13.3 Å². The maximum atomic E-state index is 11.9. The Balaban J connectivity index is 2.00. The number of benzene rings is 2. The molecule has 0 saturated heterocycles. The summed E-state index contributed by atoms with van der Waals surface area (Å²) in [5, 5.41) is 16.3. The molecule has 0 spiro atoms. The van der Waals surface area contributed by atoms with Crippen molar-refractivity contribution >= 4 is 34.6 Å². The number of hydrogen-bond donors (Lipinski definition) is 2. The molecule has 0 unspecified atom stereocenters. The molecule has 0 atom stereocenters. The fourth-order valence-electron chi connectivity index (χ4n) is 2.00. The maximum absolute atomic E-state index is 11.9. The smallest absolute Gasteiger partial charge is 0.292 e. The van der Waals surface area contributed by atoms with Crippen LogP contribution in [0.15, 0.2) is 48.5 Å². The van der Waals surface area contributed by atoms with E-state index in [0.717, 1.165) is 11.1 Å². The van der Waals surface area contributed by atoms with E-state index in [1.54, 1.807) is 19.1 Å². The van der Waals surface area contributed by atoms with Crippen LogP contribution in [0.2, 0.25) is 0 Å². The molecule has 2 aromatic carbocycles. The van der Waals surface area contributed by atoms with Crippen LogP contribution in [0.1, 0.15) is 11.1 Å². The predicted molar refractivity (Wildman–Crippen MR) is 92.3 cm³/mol. The van der Waals surface area contributed by atoms with Gasteiger partial charge in [0.25, 0.3) is 5.69 Å². The number of thiocarbonyl (C=S) groups is 1. The summed E-state index contributed by atoms with van der Waals surface area (Å²) < 4.78 is 0. The van der Waals surface area contributed by atoms with Crippen molar-refractivity contribution in [2.75, 3.05) is 5.32 Å². The number of amides is 1. The molecule has 0 aliphatic rings. The molecule has 118 valence electrons. The highest BCUT2D eigenvalue weighted by molar-refractivity contribution is 7.80. The normalized spacial score (nSPS) is 9.96. The van der Waals surface area contributed by atoms with Gasteiger partial charge < -0.3 is 10.6 Å². The first-order valence-electron chi connectivity index (χ1n) is 6.85. The first-order valence-corrected chi connectivity index (χ1v) is 7.26. The summed E-state index contributed by atoms with van der Waals surface area (Å²) in [5.41, 5.74) is 1.77. The van der Waals surface area contributed by atoms with E-state index in [4.69, 9.17) is 12.2 Å². The van der Waals surface area contributed by atoms with Crippen LogP contribution in [0, 0.1) is 17.0 Å². The van der Waals surface area contributed by atoms with Gasteiger partial charge in [-0.05, 0) is 36.3 Å². The monoisotopic (exact) mass is 329 g/mol. The lowest BCUT2D eigenvalue weighted by molar-refractivity contribution is -0.383. The zero-order chi connectivity index (χ0) is 16.8. The minimum atomic E-state index is -0.496. The molecule has 2 N–H and O–H groups in total. The van der Waals surface area contributed by atoms with E-state index in [2.05, 4.69) is 10.6 Å². The van der Waals surface area contributed by atoms with Crippen molar-refractivity contribution in [3.63, 3.8) is 0 Å². The van der Waals surface area contributed by atoms with Gasteiger partial charge in [0.05, 0.1) is 11.3 Å². The fraction of sp³-hybridized carbons (Fsp3) is 0.125. The molecule has 0 aromatic heterocycles. The minimum Gasteiger partial charge on any atom is -0.327 e. The van der Waals surface area contributed by atoms with Crippen LogP contribution < -0.4 is 10.6 Å². The van der Waals surface area contributed by atoms with Crippen molar-refractivity contribution in [3.8, 4) is 0 Å². The highest BCUT2D eigenvalue weighted by atomic mass is 32.1. The number of nitro groups is 1. The highest BCUT2D eigenvalue weighted by Gasteiger charge is 2.15. The highest BCUT2D eigenvalue weighted by Crippen LogP contribution is 2.25. The van der Waals surface area contributed by atoms with E-state index in [1.165, 1.54) is 6.07 Å². The number of aryl methyl sites for hydroxylation is 1. The van der Waals surface area contributed by atoms with Crippen molar-refractivity contribution in [2.24, 2.45) is 0 Å². The molecule has 0 fully saturated rings. The SMILES string of the molecule is Cc1ccc(NC(=S)NC(=O)Cc2ccccc2)c([N+](=O)[O-])c1. The van der Waals surface area contributed by atoms with E-state index < -0.39 is 4.92 Å². The molecule has 6 nitrogen and oxygen atoms in total. The van der Waals surface area contributed by atoms with Gasteiger partial charge in [0.2, 0.25) is 5.91 Å². The number of hydrogen-bond acceptors (Lipinski definition) is 4. The molecule has 23 heavy (non-hydrogen) atoms. The summed E-state index contributed by atoms with van der Waals surface area (Å²) in [4.78, 5) is 22.5. The van der Waals surface area contributed by atoms with Crippen LogP contribution in [0.3, 0.4) is 0 Å². The molecular formula is C16H15N3O3S. The van der Waals surface area contributed by atoms with Crippen LogP contribution in [0.5, 0.6) is 0 Å². The van der Waals surface area contributed by atoms with Gasteiger partial charge >= 0.3 is 0 Å². The van der Waals surface area contributed by atoms with Gasteiger partial charge in [-0.3, -0.25) is 14.9 Å². The molecule has 1 amide bonds. The molecular weight excluding hydrogens is 314 g/mol. The molecule has 0 saturated carbocycles. The van der Waals surface area contributed by atoms with Crippen LogP contribution in [0.25, 0.3) is 0 Å². The number of nitrogens with one attached hydrogen (secondary N) is 2. The van der Waals surface area contributed by atoms with Gasteiger partial charge in [-0.15, -0.1) is 0 Å². The zero-order valence-corrected chi connectivity index (χ0v) is 13.2. The number of nitro benzene ring substituents is 1. The van der Waals surface area contributed by atoms with Gasteiger partial charge in [0.15, 0.2) is 5.11 Å². The summed E-state index contributed by atoms with van der Waals surface area (Å²) >= 11 is 5.04. The lowest BCUT2D eigenvalue weighted by Gasteiger charge is -2.10. The average Bonchev–Trinajstić information content (AvgIpc) is 2.49. The van der Waals surface area contributed by atoms with E-state index in [1.807, 2.05) is 30.3 Å². The number of nitrogens with zero attached hydrogens (tertiary/aromatic N) is 1. The molecule has 0 aliphatic carbocycles. The Morgan fingerprint density at radius 1 is 1.22 bits per heavy atom. The third-order valence-corrected chi connectivity index (χ3v) is 3.26. The number of anilines is 1. The van der Waals surface area contributed by atoms with Gasteiger partial charge in [-0.2, -0.15) is 0 Å². The zero-order valence-electron chi connectivity index (χ0n) is 12.4. The van der Waals surface area contributed by atoms with Gasteiger partial charge in [-0.25, -0.2) is 0 Å². The van der Waals surface area contributed by atoms with Gasteiger partial charge in [0, 0.05) is 6.07 Å². The Labute approximate surface area is 138 Å². The van der Waals surface area contributed by atoms with Gasteiger partial charge in [0.1, 0.15) is 5.69 Å². The minimum absolute atomic E-state index is 0.0258. The lowest BCUT2D eigenvalue weighted by Crippen LogP contribution is -2.35. The summed E-state index contributed by atoms with van der Waals surface area (Å²) in [6.07, 6.45) is 0.179. The predicted octanol–water partition coefficient (Wildman–Crippen LogP) is 2.96. The van der Waals surface area contributed by atoms with E-state index in [0.29, 0.717) is 0 Å². The second-order valence-electron chi connectivity index (χ2n) is 4.94. The molecule has 0 aliphatic heterocycles. The Kier molecular flexibility index (Phi) is 5.37. The van der Waals surface area contributed by atoms with Crippen molar-refractivity contribution in [1.29, 1.82) is 0 Å². The Morgan fingerprint density at radius 3 is 2.57 bits per heavy atom. The molecule has 0 radical (unpaired) electrons. The first kappa shape index (κ1) is 16.6. The summed E-state index contributed by atoms with van der Waals surface area (Å²) in [7, 11) is 0. The first-order chi connectivity index (χ1) is 11.0. The quantitative estimate of drug-likeness (QED) is 0.512. The number of carbonyl (C=O) groups is 1. The van der Waals surface area contributed by atoms with E-state index in [9.17, 15) is 14.9 Å². The van der Waals surface area contributed by atoms with E-state index in [-0.39, 0.29) is 28.8 Å². The van der Waals surface area contributed by atoms with Crippen LogP contribution >= 0.6 is 12.2 Å². The van der Waals surface area contributed by atoms with Crippen LogP contribution in [-0.2, 0) is 11.2 Å². The van der Waals surface area contributed by atoms with Crippen molar-refractivity contribution < 1.29 is 9.72 Å². The largest absolute Gasteiger partial charge is 0.327 e. The topological polar surface area (TPSA) is 84.3 Å². The Morgan fingerprint density at radius 2 is 1.91 bits per heavy atom. The second-order valence-corrected chi connectivity index (χ2v) is 5.35. The number of carbonyl (C=O) groups excluding carboxylic acids is 1. The summed E-state index contributed by atoms with van der Waals surface area (Å²) in [5.74, 6) is -0.288. The molecule has 0 bridgehead atoms. The van der Waals surface area contributed by atoms with Crippen LogP contribution in [-0.4, -0.2) is 15.9 Å². The standard InChI is InChI=1S/C16H15N3O3S/c1-11-7-8-13(14(9-11)19(21)22)17-16(23)18-15(20)10-12-5-3-2-4-6-12/h2-9H,10H2,1H3,(H2,17,18,20,23). The van der Waals surface area contributed by atoms with E-state index >= 15 is 0 Å². The van der Waals surface area contributed by atoms with Gasteiger partial charge in [-0.1, -0.05) is 36.4 Å². The third kappa shape index (κ3) is 4.86. The van der Waals surface area contributed by atoms with Crippen molar-refractivity contribution in [3.05, 3.63) is 69.8 Å². The summed E-state index contributed by atoms with van der Waals surface area (Å²) in [6.45, 7) is 1.76. The molecule has 7 heteroatoms. The summed E-state index contributed by atoms with van der Waals surface area (Å²) in [6, 6.07) is 13.9. The average molecular weight is 329 g/mol. The fourth-order valence-corrected chi connectivity index (χ4v) is 2.23. The molecule has 0 heterocycles. The Hall–Kier alpha value is -2.80. The second kappa shape index (κ2) is 7.46. The molecule has 2 rings (SSSR count).